The van der Waals surface area contributed by atoms with E-state index in [-0.39, 0.29) is 11.9 Å². The molecule has 1 aliphatic rings. The topological polar surface area (TPSA) is 36.1 Å². The first-order valence-corrected chi connectivity index (χ1v) is 8.53. The third-order valence-corrected chi connectivity index (χ3v) is 4.86. The van der Waals surface area contributed by atoms with Crippen molar-refractivity contribution in [1.29, 1.82) is 0 Å². The predicted octanol–water partition coefficient (Wildman–Crippen LogP) is 4.59. The molecule has 1 atom stereocenters. The number of rotatable bonds is 3. The lowest BCUT2D eigenvalue weighted by atomic mass is 9.91. The number of nitrogens with one attached hydrogen (secondary N) is 1. The SMILES string of the molecule is C=CC(=O)N1CCc2c([nH]c3ccc(Br)cc23)[C@@H]1CC(C)C. The Bertz CT molecular complexity index is 732. The summed E-state index contributed by atoms with van der Waals surface area (Å²) >= 11 is 3.55. The van der Waals surface area contributed by atoms with Gasteiger partial charge >= 0.3 is 0 Å². The second kappa shape index (κ2) is 5.92. The molecule has 22 heavy (non-hydrogen) atoms. The quantitative estimate of drug-likeness (QED) is 0.798. The lowest BCUT2D eigenvalue weighted by Crippen LogP contribution is -2.39. The molecule has 0 saturated carbocycles. The number of nitrogens with zero attached hydrogens (tertiary/aromatic N) is 1. The van der Waals surface area contributed by atoms with Gasteiger partial charge in [0.15, 0.2) is 0 Å². The summed E-state index contributed by atoms with van der Waals surface area (Å²) in [6.07, 6.45) is 3.28. The van der Waals surface area contributed by atoms with E-state index in [1.807, 2.05) is 11.0 Å². The highest BCUT2D eigenvalue weighted by atomic mass is 79.9. The third-order valence-electron chi connectivity index (χ3n) is 4.37. The number of fused-ring (bicyclic) bond motifs is 3. The minimum Gasteiger partial charge on any atom is -0.356 e. The number of hydrogen-bond acceptors (Lipinski definition) is 1. The Morgan fingerprint density at radius 1 is 1.55 bits per heavy atom. The molecule has 116 valence electrons. The van der Waals surface area contributed by atoms with Crippen LogP contribution in [0.25, 0.3) is 10.9 Å². The molecule has 1 aromatic heterocycles. The van der Waals surface area contributed by atoms with E-state index >= 15 is 0 Å². The number of aromatic nitrogens is 1. The van der Waals surface area contributed by atoms with E-state index < -0.39 is 0 Å². The molecule has 2 aromatic rings. The molecule has 4 heteroatoms. The van der Waals surface area contributed by atoms with Crippen molar-refractivity contribution in [2.24, 2.45) is 5.92 Å². The maximum absolute atomic E-state index is 12.2. The van der Waals surface area contributed by atoms with Crippen molar-refractivity contribution in [1.82, 2.24) is 9.88 Å². The fourth-order valence-corrected chi connectivity index (χ4v) is 3.77. The van der Waals surface area contributed by atoms with Gasteiger partial charge in [0.05, 0.1) is 6.04 Å². The molecule has 0 radical (unpaired) electrons. The Morgan fingerprint density at radius 2 is 2.32 bits per heavy atom. The molecule has 1 N–H and O–H groups in total. The van der Waals surface area contributed by atoms with Gasteiger partial charge in [0.25, 0.3) is 0 Å². The van der Waals surface area contributed by atoms with Gasteiger partial charge in [-0.1, -0.05) is 36.4 Å². The van der Waals surface area contributed by atoms with Crippen molar-refractivity contribution in [3.8, 4) is 0 Å². The van der Waals surface area contributed by atoms with E-state index in [2.05, 4.69) is 53.5 Å². The first-order valence-electron chi connectivity index (χ1n) is 7.74. The number of aromatic amines is 1. The average molecular weight is 361 g/mol. The van der Waals surface area contributed by atoms with Crippen LogP contribution in [0, 0.1) is 5.92 Å². The van der Waals surface area contributed by atoms with E-state index in [4.69, 9.17) is 0 Å². The van der Waals surface area contributed by atoms with Gasteiger partial charge in [-0.25, -0.2) is 0 Å². The number of hydrogen-bond donors (Lipinski definition) is 1. The summed E-state index contributed by atoms with van der Waals surface area (Å²) in [6.45, 7) is 8.81. The van der Waals surface area contributed by atoms with Gasteiger partial charge in [0.1, 0.15) is 0 Å². The Kier molecular flexibility index (Phi) is 4.13. The summed E-state index contributed by atoms with van der Waals surface area (Å²) in [5.74, 6) is 0.547. The molecule has 0 saturated heterocycles. The van der Waals surface area contributed by atoms with Crippen LogP contribution in [0.3, 0.4) is 0 Å². The van der Waals surface area contributed by atoms with Gasteiger partial charge in [-0.3, -0.25) is 4.79 Å². The highest BCUT2D eigenvalue weighted by molar-refractivity contribution is 9.10. The minimum absolute atomic E-state index is 0.0242. The summed E-state index contributed by atoms with van der Waals surface area (Å²) in [5.41, 5.74) is 3.70. The maximum atomic E-state index is 12.2. The van der Waals surface area contributed by atoms with Crippen LogP contribution in [0.2, 0.25) is 0 Å². The Hall–Kier alpha value is -1.55. The first kappa shape index (κ1) is 15.3. The lowest BCUT2D eigenvalue weighted by molar-refractivity contribution is -0.129. The van der Waals surface area contributed by atoms with Crippen LogP contribution in [-0.2, 0) is 11.2 Å². The number of halogens is 1. The number of carbonyl (C=O) groups excluding carboxylic acids is 1. The molecule has 3 nitrogen and oxygen atoms in total. The standard InChI is InChI=1S/C18H21BrN2O/c1-4-17(22)21-8-7-13-14-10-12(19)5-6-15(14)20-18(13)16(21)9-11(2)3/h4-6,10-11,16,20H,1,7-9H2,2-3H3/t16-/m0/s1. The zero-order valence-electron chi connectivity index (χ0n) is 13.0. The highest BCUT2D eigenvalue weighted by Crippen LogP contribution is 2.38. The first-order chi connectivity index (χ1) is 10.5. The zero-order valence-corrected chi connectivity index (χ0v) is 14.6. The summed E-state index contributed by atoms with van der Waals surface area (Å²) in [5, 5.41) is 1.27. The Balaban J connectivity index is 2.12. The zero-order chi connectivity index (χ0) is 15.9. The third kappa shape index (κ3) is 2.60. The molecule has 0 fully saturated rings. The average Bonchev–Trinajstić information content (AvgIpc) is 2.85. The fourth-order valence-electron chi connectivity index (χ4n) is 3.41. The van der Waals surface area contributed by atoms with Crippen molar-refractivity contribution >= 4 is 32.7 Å². The summed E-state index contributed by atoms with van der Waals surface area (Å²) in [4.78, 5) is 17.7. The molecule has 0 bridgehead atoms. The molecule has 0 unspecified atom stereocenters. The van der Waals surface area contributed by atoms with Crippen molar-refractivity contribution in [3.63, 3.8) is 0 Å². The normalized spacial score (nSPS) is 17.8. The van der Waals surface area contributed by atoms with Gasteiger partial charge in [-0.15, -0.1) is 0 Å². The van der Waals surface area contributed by atoms with Crippen molar-refractivity contribution in [2.75, 3.05) is 6.54 Å². The van der Waals surface area contributed by atoms with Crippen LogP contribution in [0.4, 0.5) is 0 Å². The fraction of sp³-hybridized carbons (Fsp3) is 0.389. The van der Waals surface area contributed by atoms with E-state index in [0.29, 0.717) is 5.92 Å². The molecule has 1 amide bonds. The van der Waals surface area contributed by atoms with E-state index in [9.17, 15) is 4.79 Å². The van der Waals surface area contributed by atoms with Crippen LogP contribution in [0.5, 0.6) is 0 Å². The Morgan fingerprint density at radius 3 is 3.00 bits per heavy atom. The van der Waals surface area contributed by atoms with Crippen molar-refractivity contribution < 1.29 is 4.79 Å². The van der Waals surface area contributed by atoms with Gasteiger partial charge in [-0.2, -0.15) is 0 Å². The maximum Gasteiger partial charge on any atom is 0.246 e. The van der Waals surface area contributed by atoms with Crippen LogP contribution in [-0.4, -0.2) is 22.3 Å². The van der Waals surface area contributed by atoms with Crippen molar-refractivity contribution in [2.45, 2.75) is 32.7 Å². The Labute approximate surface area is 139 Å². The van der Waals surface area contributed by atoms with E-state index in [0.717, 1.165) is 29.4 Å². The monoisotopic (exact) mass is 360 g/mol. The van der Waals surface area contributed by atoms with Crippen LogP contribution in [0.1, 0.15) is 37.6 Å². The molecule has 0 spiro atoms. The molecular formula is C18H21BrN2O. The predicted molar refractivity (Wildman–Crippen MR) is 93.8 cm³/mol. The molecular weight excluding hydrogens is 340 g/mol. The number of carbonyl (C=O) groups is 1. The molecule has 0 aliphatic carbocycles. The van der Waals surface area contributed by atoms with Crippen molar-refractivity contribution in [3.05, 3.63) is 46.6 Å². The van der Waals surface area contributed by atoms with Gasteiger partial charge in [0, 0.05) is 27.6 Å². The number of benzene rings is 1. The van der Waals surface area contributed by atoms with Gasteiger partial charge in [-0.05, 0) is 48.6 Å². The van der Waals surface area contributed by atoms with E-state index in [1.54, 1.807) is 0 Å². The molecule has 3 rings (SSSR count). The van der Waals surface area contributed by atoms with Gasteiger partial charge in [0.2, 0.25) is 5.91 Å². The van der Waals surface area contributed by atoms with E-state index in [1.165, 1.54) is 22.7 Å². The summed E-state index contributed by atoms with van der Waals surface area (Å²) in [7, 11) is 0. The minimum atomic E-state index is 0.0242. The second-order valence-electron chi connectivity index (χ2n) is 6.34. The smallest absolute Gasteiger partial charge is 0.246 e. The summed E-state index contributed by atoms with van der Waals surface area (Å²) < 4.78 is 1.09. The summed E-state index contributed by atoms with van der Waals surface area (Å²) in [6, 6.07) is 6.43. The second-order valence-corrected chi connectivity index (χ2v) is 7.25. The van der Waals surface area contributed by atoms with Crippen LogP contribution < -0.4 is 0 Å². The molecule has 1 aliphatic heterocycles. The molecule has 1 aromatic carbocycles. The largest absolute Gasteiger partial charge is 0.356 e. The number of H-pyrrole nitrogens is 1. The van der Waals surface area contributed by atoms with Gasteiger partial charge < -0.3 is 9.88 Å². The lowest BCUT2D eigenvalue weighted by Gasteiger charge is -2.36. The molecule has 2 heterocycles. The van der Waals surface area contributed by atoms with Crippen LogP contribution in [0.15, 0.2) is 35.3 Å². The number of amides is 1. The van der Waals surface area contributed by atoms with Crippen LogP contribution >= 0.6 is 15.9 Å². The highest BCUT2D eigenvalue weighted by Gasteiger charge is 2.32.